The van der Waals surface area contributed by atoms with E-state index in [1.165, 1.54) is 6.08 Å². The summed E-state index contributed by atoms with van der Waals surface area (Å²) in [6.07, 6.45) is 1.50. The maximum Gasteiger partial charge on any atom is 0.135 e. The van der Waals surface area contributed by atoms with E-state index in [0.717, 1.165) is 22.3 Å². The average Bonchev–Trinajstić information content (AvgIpc) is 2.94. The Bertz CT molecular complexity index is 1000. The molecule has 0 radical (unpaired) electrons. The number of ether oxygens (including phenoxy) is 1. The van der Waals surface area contributed by atoms with Crippen molar-refractivity contribution >= 4 is 17.0 Å². The summed E-state index contributed by atoms with van der Waals surface area (Å²) in [4.78, 5) is 0. The van der Waals surface area contributed by atoms with Crippen LogP contribution in [0.1, 0.15) is 11.3 Å². The number of benzene rings is 2. The first kappa shape index (κ1) is 15.4. The zero-order valence-corrected chi connectivity index (χ0v) is 13.3. The SMILES string of the molecule is COc1cc2c(-c3ccccc3)c(C)oc2cc1C=C(C#N)C#N. The lowest BCUT2D eigenvalue weighted by Gasteiger charge is -2.06. The molecule has 116 valence electrons. The van der Waals surface area contributed by atoms with E-state index in [2.05, 4.69) is 0 Å². The van der Waals surface area contributed by atoms with Crippen LogP contribution in [-0.2, 0) is 0 Å². The van der Waals surface area contributed by atoms with Gasteiger partial charge >= 0.3 is 0 Å². The summed E-state index contributed by atoms with van der Waals surface area (Å²) in [5, 5.41) is 18.8. The van der Waals surface area contributed by atoms with Crippen LogP contribution in [0.25, 0.3) is 28.2 Å². The minimum atomic E-state index is 0.0132. The second-order valence-electron chi connectivity index (χ2n) is 5.27. The van der Waals surface area contributed by atoms with Crippen LogP contribution in [0.4, 0.5) is 0 Å². The van der Waals surface area contributed by atoms with Crippen LogP contribution < -0.4 is 4.74 Å². The number of hydrogen-bond acceptors (Lipinski definition) is 4. The quantitative estimate of drug-likeness (QED) is 0.648. The van der Waals surface area contributed by atoms with Crippen LogP contribution in [0.15, 0.2) is 52.5 Å². The van der Waals surface area contributed by atoms with E-state index in [4.69, 9.17) is 19.7 Å². The maximum atomic E-state index is 8.96. The molecular formula is C20H14N2O2. The fourth-order valence-corrected chi connectivity index (χ4v) is 2.76. The highest BCUT2D eigenvalue weighted by Crippen LogP contribution is 2.38. The Morgan fingerprint density at radius 3 is 2.46 bits per heavy atom. The number of aryl methyl sites for hydroxylation is 1. The molecule has 24 heavy (non-hydrogen) atoms. The molecule has 4 nitrogen and oxygen atoms in total. The molecule has 3 aromatic rings. The van der Waals surface area contributed by atoms with Crippen LogP contribution in [0.5, 0.6) is 5.75 Å². The van der Waals surface area contributed by atoms with Gasteiger partial charge in [-0.1, -0.05) is 30.3 Å². The molecule has 0 aliphatic rings. The number of nitrogens with zero attached hydrogens (tertiary/aromatic N) is 2. The predicted molar refractivity (Wildman–Crippen MR) is 92.1 cm³/mol. The molecule has 0 aliphatic carbocycles. The van der Waals surface area contributed by atoms with Crippen LogP contribution in [-0.4, -0.2) is 7.11 Å². The van der Waals surface area contributed by atoms with E-state index in [0.29, 0.717) is 16.9 Å². The Hall–Kier alpha value is -3.50. The molecule has 1 aromatic heterocycles. The lowest BCUT2D eigenvalue weighted by molar-refractivity contribution is 0.414. The molecule has 0 N–H and O–H groups in total. The van der Waals surface area contributed by atoms with E-state index in [-0.39, 0.29) is 5.57 Å². The van der Waals surface area contributed by atoms with Gasteiger partial charge in [0, 0.05) is 16.5 Å². The van der Waals surface area contributed by atoms with E-state index in [9.17, 15) is 0 Å². The Balaban J connectivity index is 2.27. The Labute approximate surface area is 139 Å². The van der Waals surface area contributed by atoms with Gasteiger partial charge in [0.15, 0.2) is 0 Å². The maximum absolute atomic E-state index is 8.96. The highest BCUT2D eigenvalue weighted by Gasteiger charge is 2.16. The smallest absolute Gasteiger partial charge is 0.135 e. The van der Waals surface area contributed by atoms with E-state index < -0.39 is 0 Å². The number of furan rings is 1. The molecule has 0 aliphatic heterocycles. The first-order valence-electron chi connectivity index (χ1n) is 7.36. The van der Waals surface area contributed by atoms with Gasteiger partial charge in [-0.2, -0.15) is 10.5 Å². The highest BCUT2D eigenvalue weighted by molar-refractivity contribution is 5.98. The van der Waals surface area contributed by atoms with Crippen molar-refractivity contribution in [2.45, 2.75) is 6.92 Å². The van der Waals surface area contributed by atoms with Crippen LogP contribution in [0.2, 0.25) is 0 Å². The topological polar surface area (TPSA) is 69.9 Å². The van der Waals surface area contributed by atoms with Crippen LogP contribution in [0, 0.1) is 29.6 Å². The third-order valence-corrected chi connectivity index (χ3v) is 3.82. The van der Waals surface area contributed by atoms with Gasteiger partial charge in [0.1, 0.15) is 34.8 Å². The number of nitriles is 2. The molecule has 0 saturated heterocycles. The highest BCUT2D eigenvalue weighted by atomic mass is 16.5. The molecule has 0 spiro atoms. The van der Waals surface area contributed by atoms with Gasteiger partial charge in [0.05, 0.1) is 7.11 Å². The molecule has 2 aromatic carbocycles. The molecule has 1 heterocycles. The molecular weight excluding hydrogens is 300 g/mol. The molecule has 0 saturated carbocycles. The summed E-state index contributed by atoms with van der Waals surface area (Å²) in [6.45, 7) is 1.92. The van der Waals surface area contributed by atoms with Crippen molar-refractivity contribution in [3.63, 3.8) is 0 Å². The Morgan fingerprint density at radius 1 is 1.12 bits per heavy atom. The van der Waals surface area contributed by atoms with Gasteiger partial charge in [-0.15, -0.1) is 0 Å². The molecule has 0 bridgehead atoms. The van der Waals surface area contributed by atoms with Crippen molar-refractivity contribution in [2.24, 2.45) is 0 Å². The van der Waals surface area contributed by atoms with Crippen molar-refractivity contribution in [3.05, 3.63) is 59.4 Å². The van der Waals surface area contributed by atoms with Crippen molar-refractivity contribution in [1.29, 1.82) is 10.5 Å². The number of hydrogen-bond donors (Lipinski definition) is 0. The van der Waals surface area contributed by atoms with Gasteiger partial charge in [0.2, 0.25) is 0 Å². The summed E-state index contributed by atoms with van der Waals surface area (Å²) in [5.41, 5.74) is 3.42. The van der Waals surface area contributed by atoms with Gasteiger partial charge in [-0.25, -0.2) is 0 Å². The summed E-state index contributed by atoms with van der Waals surface area (Å²) in [6, 6.07) is 17.4. The fraction of sp³-hybridized carbons (Fsp3) is 0.100. The Kier molecular flexibility index (Phi) is 4.05. The van der Waals surface area contributed by atoms with Crippen molar-refractivity contribution in [1.82, 2.24) is 0 Å². The number of fused-ring (bicyclic) bond motifs is 1. The second-order valence-corrected chi connectivity index (χ2v) is 5.27. The summed E-state index contributed by atoms with van der Waals surface area (Å²) >= 11 is 0. The minimum Gasteiger partial charge on any atom is -0.496 e. The molecule has 3 rings (SSSR count). The Morgan fingerprint density at radius 2 is 1.83 bits per heavy atom. The largest absolute Gasteiger partial charge is 0.496 e. The summed E-state index contributed by atoms with van der Waals surface area (Å²) in [7, 11) is 1.56. The average molecular weight is 314 g/mol. The van der Waals surface area contributed by atoms with Gasteiger partial charge in [0.25, 0.3) is 0 Å². The predicted octanol–water partition coefficient (Wildman–Crippen LogP) is 4.85. The zero-order chi connectivity index (χ0) is 17.1. The molecule has 0 fully saturated rings. The molecule has 0 atom stereocenters. The lowest BCUT2D eigenvalue weighted by Crippen LogP contribution is -1.88. The van der Waals surface area contributed by atoms with E-state index in [1.807, 2.05) is 55.5 Å². The summed E-state index contributed by atoms with van der Waals surface area (Å²) < 4.78 is 11.3. The normalized spacial score (nSPS) is 10.0. The number of methoxy groups -OCH3 is 1. The molecule has 0 amide bonds. The third kappa shape index (κ3) is 2.62. The lowest BCUT2D eigenvalue weighted by atomic mass is 10.0. The van der Waals surface area contributed by atoms with Crippen molar-refractivity contribution < 1.29 is 9.15 Å². The van der Waals surface area contributed by atoms with E-state index in [1.54, 1.807) is 13.2 Å². The second kappa shape index (κ2) is 6.32. The monoisotopic (exact) mass is 314 g/mol. The van der Waals surface area contributed by atoms with Crippen LogP contribution in [0.3, 0.4) is 0 Å². The van der Waals surface area contributed by atoms with Gasteiger partial charge in [-0.05, 0) is 30.7 Å². The minimum absolute atomic E-state index is 0.0132. The molecule has 0 unspecified atom stereocenters. The van der Waals surface area contributed by atoms with Crippen LogP contribution >= 0.6 is 0 Å². The first-order valence-corrected chi connectivity index (χ1v) is 7.36. The van der Waals surface area contributed by atoms with E-state index >= 15 is 0 Å². The number of allylic oxidation sites excluding steroid dienone is 1. The van der Waals surface area contributed by atoms with Gasteiger partial charge < -0.3 is 9.15 Å². The summed E-state index contributed by atoms with van der Waals surface area (Å²) in [5.74, 6) is 1.39. The van der Waals surface area contributed by atoms with Crippen molar-refractivity contribution in [2.75, 3.05) is 7.11 Å². The fourth-order valence-electron chi connectivity index (χ4n) is 2.76. The number of rotatable bonds is 3. The first-order chi connectivity index (χ1) is 11.7. The third-order valence-electron chi connectivity index (χ3n) is 3.82. The zero-order valence-electron chi connectivity index (χ0n) is 13.3. The van der Waals surface area contributed by atoms with Crippen molar-refractivity contribution in [3.8, 4) is 29.0 Å². The molecule has 4 heteroatoms. The standard InChI is InChI=1S/C20H14N2O2/c1-13-20(15-6-4-3-5-7-15)17-10-18(23-2)16(9-19(17)24-13)8-14(11-21)12-22/h3-10H,1-2H3. The van der Waals surface area contributed by atoms with Gasteiger partial charge in [-0.3, -0.25) is 0 Å².